The van der Waals surface area contributed by atoms with Gasteiger partial charge in [-0.05, 0) is 61.7 Å². The van der Waals surface area contributed by atoms with Crippen LogP contribution in [-0.2, 0) is 13.2 Å². The molecule has 1 N–H and O–H groups in total. The molecule has 31 heavy (non-hydrogen) atoms. The highest BCUT2D eigenvalue weighted by molar-refractivity contribution is 7.09. The fraction of sp³-hybridized carbons (Fsp3) is 0.292. The molecule has 160 valence electrons. The minimum atomic E-state index is -0.154. The van der Waals surface area contributed by atoms with Gasteiger partial charge in [0.25, 0.3) is 11.8 Å². The van der Waals surface area contributed by atoms with E-state index in [9.17, 15) is 9.59 Å². The Balaban J connectivity index is 1.26. The van der Waals surface area contributed by atoms with E-state index in [-0.39, 0.29) is 11.8 Å². The number of nitrogens with zero attached hydrogens (tertiary/aromatic N) is 2. The Bertz CT molecular complexity index is 1040. The fourth-order valence-corrected chi connectivity index (χ4v) is 4.08. The molecule has 0 spiro atoms. The molecule has 0 aliphatic carbocycles. The molecule has 4 rings (SSSR count). The monoisotopic (exact) mass is 435 g/mol. The maximum Gasteiger partial charge on any atom is 0.253 e. The number of likely N-dealkylation sites (tertiary alicyclic amines) is 1. The first kappa shape index (κ1) is 21.1. The Morgan fingerprint density at radius 1 is 1.03 bits per heavy atom. The smallest absolute Gasteiger partial charge is 0.253 e. The van der Waals surface area contributed by atoms with Crippen LogP contribution in [0.15, 0.2) is 53.9 Å². The SMILES string of the molecule is Cc1nc(COc2ccc(C(=O)NCc3ccc(C(=O)N4CCCC4)cc3)cc2)cs1. The molecule has 6 nitrogen and oxygen atoms in total. The lowest BCUT2D eigenvalue weighted by atomic mass is 10.1. The summed E-state index contributed by atoms with van der Waals surface area (Å²) in [6.07, 6.45) is 2.16. The van der Waals surface area contributed by atoms with Gasteiger partial charge in [-0.15, -0.1) is 11.3 Å². The summed E-state index contributed by atoms with van der Waals surface area (Å²) in [7, 11) is 0. The second-order valence-corrected chi connectivity index (χ2v) is 8.61. The first-order valence-electron chi connectivity index (χ1n) is 10.4. The summed E-state index contributed by atoms with van der Waals surface area (Å²) < 4.78 is 5.72. The molecule has 2 aromatic carbocycles. The molecule has 2 amide bonds. The number of hydrogen-bond acceptors (Lipinski definition) is 5. The second kappa shape index (κ2) is 9.75. The van der Waals surface area contributed by atoms with E-state index in [1.54, 1.807) is 35.6 Å². The summed E-state index contributed by atoms with van der Waals surface area (Å²) in [6.45, 7) is 4.45. The highest BCUT2D eigenvalue weighted by Crippen LogP contribution is 2.16. The Kier molecular flexibility index (Phi) is 6.62. The van der Waals surface area contributed by atoms with Gasteiger partial charge in [0.1, 0.15) is 12.4 Å². The quantitative estimate of drug-likeness (QED) is 0.604. The lowest BCUT2D eigenvalue weighted by molar-refractivity contribution is 0.0792. The van der Waals surface area contributed by atoms with Crippen molar-refractivity contribution in [2.75, 3.05) is 13.1 Å². The molecule has 0 atom stereocenters. The Hall–Kier alpha value is -3.19. The van der Waals surface area contributed by atoms with Crippen molar-refractivity contribution in [1.82, 2.24) is 15.2 Å². The van der Waals surface area contributed by atoms with Gasteiger partial charge in [0, 0.05) is 36.1 Å². The molecular weight excluding hydrogens is 410 g/mol. The number of carbonyl (C=O) groups is 2. The fourth-order valence-electron chi connectivity index (χ4n) is 3.49. The third-order valence-corrected chi connectivity index (χ3v) is 6.04. The minimum absolute atomic E-state index is 0.0836. The number of thiazole rings is 1. The average molecular weight is 436 g/mol. The average Bonchev–Trinajstić information content (AvgIpc) is 3.48. The third kappa shape index (κ3) is 5.49. The normalized spacial score (nSPS) is 13.3. The van der Waals surface area contributed by atoms with Crippen LogP contribution in [0, 0.1) is 6.92 Å². The van der Waals surface area contributed by atoms with Gasteiger partial charge in [0.15, 0.2) is 0 Å². The van der Waals surface area contributed by atoms with Crippen LogP contribution in [0.3, 0.4) is 0 Å². The Morgan fingerprint density at radius 3 is 2.35 bits per heavy atom. The second-order valence-electron chi connectivity index (χ2n) is 7.55. The third-order valence-electron chi connectivity index (χ3n) is 5.22. The van der Waals surface area contributed by atoms with E-state index in [0.717, 1.165) is 42.2 Å². The van der Waals surface area contributed by atoms with Crippen LogP contribution in [0.1, 0.15) is 49.8 Å². The first-order valence-corrected chi connectivity index (χ1v) is 11.3. The van der Waals surface area contributed by atoms with E-state index in [2.05, 4.69) is 10.3 Å². The summed E-state index contributed by atoms with van der Waals surface area (Å²) >= 11 is 1.59. The number of hydrogen-bond donors (Lipinski definition) is 1. The number of rotatable bonds is 7. The number of amides is 2. The van der Waals surface area contributed by atoms with Crippen molar-refractivity contribution in [2.45, 2.75) is 32.9 Å². The molecule has 3 aromatic rings. The first-order chi connectivity index (χ1) is 15.1. The van der Waals surface area contributed by atoms with E-state index in [4.69, 9.17) is 4.74 Å². The number of aryl methyl sites for hydroxylation is 1. The summed E-state index contributed by atoms with van der Waals surface area (Å²) in [6, 6.07) is 14.5. The van der Waals surface area contributed by atoms with E-state index in [1.165, 1.54) is 0 Å². The van der Waals surface area contributed by atoms with Gasteiger partial charge in [-0.3, -0.25) is 9.59 Å². The largest absolute Gasteiger partial charge is 0.487 e. The lowest BCUT2D eigenvalue weighted by Crippen LogP contribution is -2.27. The molecule has 0 unspecified atom stereocenters. The van der Waals surface area contributed by atoms with Crippen LogP contribution < -0.4 is 10.1 Å². The molecule has 1 aromatic heterocycles. The van der Waals surface area contributed by atoms with Gasteiger partial charge < -0.3 is 15.0 Å². The van der Waals surface area contributed by atoms with Crippen LogP contribution in [-0.4, -0.2) is 34.8 Å². The van der Waals surface area contributed by atoms with E-state index >= 15 is 0 Å². The van der Waals surface area contributed by atoms with Crippen molar-refractivity contribution >= 4 is 23.2 Å². The van der Waals surface area contributed by atoms with Gasteiger partial charge in [0.05, 0.1) is 10.7 Å². The summed E-state index contributed by atoms with van der Waals surface area (Å²) in [4.78, 5) is 31.1. The molecule has 0 bridgehead atoms. The van der Waals surface area contributed by atoms with Crippen molar-refractivity contribution in [3.05, 3.63) is 81.3 Å². The maximum atomic E-state index is 12.4. The van der Waals surface area contributed by atoms with Gasteiger partial charge in [-0.25, -0.2) is 4.98 Å². The van der Waals surface area contributed by atoms with E-state index in [0.29, 0.717) is 30.0 Å². The van der Waals surface area contributed by atoms with Crippen molar-refractivity contribution < 1.29 is 14.3 Å². The summed E-state index contributed by atoms with van der Waals surface area (Å²) in [5.74, 6) is 0.625. The van der Waals surface area contributed by atoms with Crippen molar-refractivity contribution in [3.8, 4) is 5.75 Å². The van der Waals surface area contributed by atoms with Crippen LogP contribution in [0.2, 0.25) is 0 Å². The number of carbonyl (C=O) groups excluding carboxylic acids is 2. The predicted molar refractivity (Wildman–Crippen MR) is 120 cm³/mol. The Morgan fingerprint density at radius 2 is 1.71 bits per heavy atom. The van der Waals surface area contributed by atoms with Gasteiger partial charge in [0.2, 0.25) is 0 Å². The van der Waals surface area contributed by atoms with Gasteiger partial charge in [-0.2, -0.15) is 0 Å². The standard InChI is InChI=1S/C24H25N3O3S/c1-17-26-21(16-31-17)15-30-22-10-8-19(9-11-22)23(28)25-14-18-4-6-20(7-5-18)24(29)27-12-2-3-13-27/h4-11,16H,2-3,12-15H2,1H3,(H,25,28). The number of aromatic nitrogens is 1. The van der Waals surface area contributed by atoms with E-state index in [1.807, 2.05) is 41.5 Å². The number of ether oxygens (including phenoxy) is 1. The van der Waals surface area contributed by atoms with Crippen LogP contribution >= 0.6 is 11.3 Å². The van der Waals surface area contributed by atoms with Gasteiger partial charge in [-0.1, -0.05) is 12.1 Å². The van der Waals surface area contributed by atoms with Crippen LogP contribution in [0.25, 0.3) is 0 Å². The molecule has 7 heteroatoms. The highest BCUT2D eigenvalue weighted by Gasteiger charge is 2.19. The minimum Gasteiger partial charge on any atom is -0.487 e. The van der Waals surface area contributed by atoms with Crippen molar-refractivity contribution in [3.63, 3.8) is 0 Å². The molecule has 2 heterocycles. The molecule has 1 saturated heterocycles. The van der Waals surface area contributed by atoms with Crippen molar-refractivity contribution in [2.24, 2.45) is 0 Å². The number of benzene rings is 2. The summed E-state index contributed by atoms with van der Waals surface area (Å²) in [5.41, 5.74) is 3.11. The zero-order valence-electron chi connectivity index (χ0n) is 17.5. The van der Waals surface area contributed by atoms with Crippen molar-refractivity contribution in [1.29, 1.82) is 0 Å². The molecule has 1 fully saturated rings. The maximum absolute atomic E-state index is 12.4. The van der Waals surface area contributed by atoms with Crippen LogP contribution in [0.5, 0.6) is 5.75 Å². The Labute approximate surface area is 185 Å². The lowest BCUT2D eigenvalue weighted by Gasteiger charge is -2.15. The topological polar surface area (TPSA) is 71.5 Å². The molecule has 0 saturated carbocycles. The molecular formula is C24H25N3O3S. The van der Waals surface area contributed by atoms with E-state index < -0.39 is 0 Å². The van der Waals surface area contributed by atoms with Crippen LogP contribution in [0.4, 0.5) is 0 Å². The zero-order chi connectivity index (χ0) is 21.6. The molecule has 1 aliphatic heterocycles. The zero-order valence-corrected chi connectivity index (χ0v) is 18.3. The predicted octanol–water partition coefficient (Wildman–Crippen LogP) is 4.20. The molecule has 1 aliphatic rings. The molecule has 0 radical (unpaired) electrons. The highest BCUT2D eigenvalue weighted by atomic mass is 32.1. The van der Waals surface area contributed by atoms with Gasteiger partial charge >= 0.3 is 0 Å². The summed E-state index contributed by atoms with van der Waals surface area (Å²) in [5, 5.41) is 5.91. The number of nitrogens with one attached hydrogen (secondary N) is 1.